The van der Waals surface area contributed by atoms with Gasteiger partial charge in [0.1, 0.15) is 12.4 Å². The lowest BCUT2D eigenvalue weighted by molar-refractivity contribution is -0.275. The lowest BCUT2D eigenvalue weighted by Gasteiger charge is -2.36. The minimum atomic E-state index is -4.85. The number of aryl methyl sites for hydroxylation is 1. The molecule has 0 fully saturated rings. The zero-order valence-electron chi connectivity index (χ0n) is 26.6. The predicted molar refractivity (Wildman–Crippen MR) is 168 cm³/mol. The maximum absolute atomic E-state index is 13.0. The molecular formula is C36H35F3N2O6. The molecule has 11 heteroatoms. The van der Waals surface area contributed by atoms with Crippen molar-refractivity contribution < 1.29 is 42.0 Å². The molecule has 1 aliphatic heterocycles. The van der Waals surface area contributed by atoms with E-state index in [1.54, 1.807) is 51.2 Å². The fraction of sp³-hybridized carbons (Fsp3) is 0.361. The summed E-state index contributed by atoms with van der Waals surface area (Å²) in [5.41, 5.74) is 5.31. The Morgan fingerprint density at radius 1 is 1.13 bits per heavy atom. The van der Waals surface area contributed by atoms with Crippen LogP contribution in [0.25, 0.3) is 16.5 Å². The fourth-order valence-corrected chi connectivity index (χ4v) is 6.38. The largest absolute Gasteiger partial charge is 0.573 e. The highest BCUT2D eigenvalue weighted by molar-refractivity contribution is 6.00. The number of carboxylic acids is 1. The molecule has 3 heterocycles. The molecule has 0 radical (unpaired) electrons. The number of carboxylic acid groups (broad SMARTS) is 1. The van der Waals surface area contributed by atoms with Crippen LogP contribution >= 0.6 is 0 Å². The second kappa shape index (κ2) is 12.3. The molecule has 8 nitrogen and oxygen atoms in total. The summed E-state index contributed by atoms with van der Waals surface area (Å²) < 4.78 is 61.3. The van der Waals surface area contributed by atoms with Crippen molar-refractivity contribution in [3.05, 3.63) is 99.9 Å². The van der Waals surface area contributed by atoms with Crippen LogP contribution in [-0.4, -0.2) is 39.6 Å². The Labute approximate surface area is 270 Å². The Morgan fingerprint density at radius 3 is 2.62 bits per heavy atom. The quantitative estimate of drug-likeness (QED) is 0.205. The van der Waals surface area contributed by atoms with Crippen molar-refractivity contribution in [2.45, 2.75) is 71.8 Å². The lowest BCUT2D eigenvalue weighted by atomic mass is 9.77. The number of halogens is 3. The van der Waals surface area contributed by atoms with Crippen molar-refractivity contribution >= 4 is 22.4 Å². The molecule has 2 aromatic carbocycles. The molecule has 6 rings (SSSR count). The van der Waals surface area contributed by atoms with Crippen LogP contribution in [0.5, 0.6) is 11.6 Å². The van der Waals surface area contributed by atoms with E-state index < -0.39 is 24.0 Å². The van der Waals surface area contributed by atoms with Crippen LogP contribution in [-0.2, 0) is 27.3 Å². The third kappa shape index (κ3) is 6.68. The van der Waals surface area contributed by atoms with Crippen LogP contribution in [0.15, 0.2) is 60.8 Å². The molecule has 2 aliphatic rings. The van der Waals surface area contributed by atoms with E-state index in [0.29, 0.717) is 34.2 Å². The van der Waals surface area contributed by atoms with E-state index >= 15 is 0 Å². The molecule has 1 aliphatic carbocycles. The Balaban J connectivity index is 1.50. The fourth-order valence-electron chi connectivity index (χ4n) is 6.38. The first-order chi connectivity index (χ1) is 22.2. The number of alkyl halides is 3. The number of carbonyl (C=O) groups is 1. The predicted octanol–water partition coefficient (Wildman–Crippen LogP) is 8.05. The van der Waals surface area contributed by atoms with Crippen LogP contribution in [0.4, 0.5) is 13.2 Å². The van der Waals surface area contributed by atoms with Gasteiger partial charge in [-0.15, -0.1) is 13.2 Å². The molecule has 0 amide bonds. The van der Waals surface area contributed by atoms with E-state index in [1.807, 2.05) is 13.0 Å². The van der Waals surface area contributed by atoms with Crippen LogP contribution in [0, 0.1) is 12.8 Å². The Bertz CT molecular complexity index is 1880. The highest BCUT2D eigenvalue weighted by atomic mass is 19.4. The van der Waals surface area contributed by atoms with Gasteiger partial charge in [0.05, 0.1) is 29.5 Å². The number of hydrogen-bond acceptors (Lipinski definition) is 7. The third-order valence-electron chi connectivity index (χ3n) is 8.21. The summed E-state index contributed by atoms with van der Waals surface area (Å²) in [6, 6.07) is 12.9. The molecule has 0 saturated carbocycles. The van der Waals surface area contributed by atoms with Gasteiger partial charge < -0.3 is 24.1 Å². The second-order valence-corrected chi connectivity index (χ2v) is 12.8. The summed E-state index contributed by atoms with van der Waals surface area (Å²) >= 11 is 0. The van der Waals surface area contributed by atoms with Crippen molar-refractivity contribution in [2.24, 2.45) is 5.92 Å². The molecule has 0 bridgehead atoms. The molecule has 3 unspecified atom stereocenters. The Morgan fingerprint density at radius 2 is 1.89 bits per heavy atom. The Hall–Kier alpha value is -4.48. The van der Waals surface area contributed by atoms with E-state index in [9.17, 15) is 23.1 Å². The van der Waals surface area contributed by atoms with Gasteiger partial charge in [0.15, 0.2) is 6.10 Å². The zero-order valence-corrected chi connectivity index (χ0v) is 26.6. The summed E-state index contributed by atoms with van der Waals surface area (Å²) in [4.78, 5) is 22.4. The highest BCUT2D eigenvalue weighted by Gasteiger charge is 2.38. The standard InChI is InChI=1S/C36H35F3N2O6/c1-19-17-25-23(10-11-27(41-25)45-18-22-8-6-7-9-26(22)46-36(37,38)39)30(28(19)33(34(42)43)47-35(3,4)5)24-16-20(2)32-29-21(13-15-44-32)12-14-40-31(24)29/h6-12,14,16-17,20,32-33H,13,15,18H2,1-5H3,(H,42,43). The van der Waals surface area contributed by atoms with Crippen LogP contribution in [0.1, 0.15) is 79.0 Å². The topological polar surface area (TPSA) is 100 Å². The van der Waals surface area contributed by atoms with Gasteiger partial charge in [0.2, 0.25) is 5.88 Å². The van der Waals surface area contributed by atoms with E-state index in [2.05, 4.69) is 17.7 Å². The normalized spacial score (nSPS) is 18.3. The van der Waals surface area contributed by atoms with Crippen LogP contribution in [0.3, 0.4) is 0 Å². The third-order valence-corrected chi connectivity index (χ3v) is 8.21. The molecule has 246 valence electrons. The minimum absolute atomic E-state index is 0.0366. The number of ether oxygens (including phenoxy) is 4. The van der Waals surface area contributed by atoms with E-state index in [-0.39, 0.29) is 35.8 Å². The molecule has 1 N–H and O–H groups in total. The van der Waals surface area contributed by atoms with Crippen molar-refractivity contribution in [3.63, 3.8) is 0 Å². The number of nitrogens with zero attached hydrogens (tertiary/aromatic N) is 2. The van der Waals surface area contributed by atoms with Gasteiger partial charge in [0, 0.05) is 45.8 Å². The number of aromatic nitrogens is 2. The smallest absolute Gasteiger partial charge is 0.479 e. The SMILES string of the molecule is Cc1cc2nc(OCc3ccccc3OC(F)(F)F)ccc2c(C2=CC(C)C3OCCc4ccnc2c43)c1C(OC(C)(C)C)C(=O)O. The van der Waals surface area contributed by atoms with Crippen molar-refractivity contribution in [1.82, 2.24) is 9.97 Å². The van der Waals surface area contributed by atoms with E-state index in [0.717, 1.165) is 28.8 Å². The van der Waals surface area contributed by atoms with Crippen molar-refractivity contribution in [2.75, 3.05) is 6.61 Å². The van der Waals surface area contributed by atoms with Gasteiger partial charge in [0.25, 0.3) is 0 Å². The first kappa shape index (κ1) is 32.5. The van der Waals surface area contributed by atoms with Gasteiger partial charge >= 0.3 is 12.3 Å². The van der Waals surface area contributed by atoms with Gasteiger partial charge in [-0.25, -0.2) is 9.78 Å². The van der Waals surface area contributed by atoms with Gasteiger partial charge in [-0.05, 0) is 75.1 Å². The molecule has 4 aromatic rings. The van der Waals surface area contributed by atoms with Gasteiger partial charge in [-0.1, -0.05) is 31.2 Å². The molecule has 2 aromatic heterocycles. The summed E-state index contributed by atoms with van der Waals surface area (Å²) in [6.07, 6.45) is -1.74. The number of para-hydroxylation sites is 1. The Kier molecular flexibility index (Phi) is 8.48. The maximum Gasteiger partial charge on any atom is 0.573 e. The highest BCUT2D eigenvalue weighted by Crippen LogP contribution is 2.48. The van der Waals surface area contributed by atoms with Gasteiger partial charge in [-0.3, -0.25) is 4.98 Å². The lowest BCUT2D eigenvalue weighted by Crippen LogP contribution is -2.29. The monoisotopic (exact) mass is 648 g/mol. The maximum atomic E-state index is 13.0. The van der Waals surface area contributed by atoms with Crippen LogP contribution < -0.4 is 9.47 Å². The molecule has 3 atom stereocenters. The minimum Gasteiger partial charge on any atom is -0.479 e. The number of pyridine rings is 2. The average Bonchev–Trinajstić information content (AvgIpc) is 2.99. The van der Waals surface area contributed by atoms with Crippen molar-refractivity contribution in [1.29, 1.82) is 0 Å². The molecule has 0 spiro atoms. The van der Waals surface area contributed by atoms with E-state index in [1.165, 1.54) is 18.2 Å². The first-order valence-corrected chi connectivity index (χ1v) is 15.3. The summed E-state index contributed by atoms with van der Waals surface area (Å²) in [5, 5.41) is 11.2. The second-order valence-electron chi connectivity index (χ2n) is 12.8. The summed E-state index contributed by atoms with van der Waals surface area (Å²) in [7, 11) is 0. The molecule has 47 heavy (non-hydrogen) atoms. The summed E-state index contributed by atoms with van der Waals surface area (Å²) in [5.74, 6) is -1.36. The first-order valence-electron chi connectivity index (χ1n) is 15.3. The number of rotatable bonds is 8. The number of fused-ring (bicyclic) bond motifs is 1. The average molecular weight is 649 g/mol. The zero-order chi connectivity index (χ0) is 33.7. The molecular weight excluding hydrogens is 613 g/mol. The summed E-state index contributed by atoms with van der Waals surface area (Å²) in [6.45, 7) is 9.68. The number of benzene rings is 2. The number of hydrogen-bond donors (Lipinski definition) is 1. The number of aliphatic carboxylic acids is 1. The molecule has 0 saturated heterocycles. The van der Waals surface area contributed by atoms with Crippen LogP contribution in [0.2, 0.25) is 0 Å². The van der Waals surface area contributed by atoms with Gasteiger partial charge in [-0.2, -0.15) is 0 Å². The van der Waals surface area contributed by atoms with E-state index in [4.69, 9.17) is 24.2 Å². The van der Waals surface area contributed by atoms with Crippen molar-refractivity contribution in [3.8, 4) is 11.6 Å².